The SMILES string of the molecule is CC(=O)N[C@H]1[C@H](OCCCCCCN)O[C@H](CO)[C@@H](O[C@@H]2O[C@H](CO[C@]3(C(=O)O)C[C@H](O)[C@@H](NC(C)=O)[C@H]([C@H](O)[C@H](O)CO)O3)[C@H](O)[C@H](O)[C@H]2O)[C@@H]1O. The lowest BCUT2D eigenvalue weighted by Crippen LogP contribution is -2.69. The van der Waals surface area contributed by atoms with E-state index < -0.39 is 142 Å². The maximum atomic E-state index is 12.6. The number of carboxylic acids is 1. The molecular weight excluding hydrogens is 718 g/mol. The molecule has 0 spiro atoms. The van der Waals surface area contributed by atoms with E-state index in [1.54, 1.807) is 0 Å². The molecule has 16 atom stereocenters. The van der Waals surface area contributed by atoms with Gasteiger partial charge in [-0.15, -0.1) is 0 Å². The second-order valence-electron chi connectivity index (χ2n) is 13.3. The van der Waals surface area contributed by atoms with Gasteiger partial charge in [0.05, 0.1) is 32.0 Å². The zero-order valence-corrected chi connectivity index (χ0v) is 29.5. The summed E-state index contributed by atoms with van der Waals surface area (Å²) in [5.41, 5.74) is 5.51. The minimum absolute atomic E-state index is 0.173. The van der Waals surface area contributed by atoms with Crippen molar-refractivity contribution in [3.8, 4) is 0 Å². The molecule has 0 saturated carbocycles. The lowest BCUT2D eigenvalue weighted by atomic mass is 9.88. The van der Waals surface area contributed by atoms with Gasteiger partial charge in [-0.25, -0.2) is 4.79 Å². The Morgan fingerprint density at radius 1 is 0.849 bits per heavy atom. The first kappa shape index (κ1) is 45.2. The second kappa shape index (κ2) is 20.6. The number of aliphatic hydroxyl groups is 9. The summed E-state index contributed by atoms with van der Waals surface area (Å²) < 4.78 is 34.1. The molecule has 0 aliphatic carbocycles. The van der Waals surface area contributed by atoms with Gasteiger partial charge in [0.25, 0.3) is 5.79 Å². The molecule has 308 valence electrons. The van der Waals surface area contributed by atoms with E-state index in [1.807, 2.05) is 0 Å². The fourth-order valence-corrected chi connectivity index (χ4v) is 6.38. The number of ether oxygens (including phenoxy) is 6. The number of aliphatic hydroxyl groups excluding tert-OH is 9. The first-order valence-electron chi connectivity index (χ1n) is 17.4. The lowest BCUT2D eigenvalue weighted by molar-refractivity contribution is -0.360. The van der Waals surface area contributed by atoms with Crippen LogP contribution >= 0.6 is 0 Å². The lowest BCUT2D eigenvalue weighted by Gasteiger charge is -2.48. The number of unbranched alkanes of at least 4 members (excludes halogenated alkanes) is 3. The molecule has 53 heavy (non-hydrogen) atoms. The molecule has 3 heterocycles. The molecule has 0 radical (unpaired) electrons. The van der Waals surface area contributed by atoms with Gasteiger partial charge in [-0.2, -0.15) is 0 Å². The van der Waals surface area contributed by atoms with Gasteiger partial charge in [0, 0.05) is 26.9 Å². The van der Waals surface area contributed by atoms with Crippen molar-refractivity contribution in [1.82, 2.24) is 10.6 Å². The molecule has 3 aliphatic rings. The summed E-state index contributed by atoms with van der Waals surface area (Å²) in [6.45, 7) is 0.227. The molecular formula is C31H55N3O19. The van der Waals surface area contributed by atoms with E-state index in [4.69, 9.17) is 34.2 Å². The van der Waals surface area contributed by atoms with Crippen molar-refractivity contribution in [2.75, 3.05) is 33.0 Å². The summed E-state index contributed by atoms with van der Waals surface area (Å²) >= 11 is 0. The van der Waals surface area contributed by atoms with Crippen molar-refractivity contribution in [2.45, 2.75) is 144 Å². The van der Waals surface area contributed by atoms with Crippen LogP contribution in [0.4, 0.5) is 0 Å². The highest BCUT2D eigenvalue weighted by atomic mass is 16.8. The first-order chi connectivity index (χ1) is 25.0. The van der Waals surface area contributed by atoms with Crippen molar-refractivity contribution in [2.24, 2.45) is 5.73 Å². The molecule has 22 nitrogen and oxygen atoms in total. The number of nitrogens with one attached hydrogen (secondary N) is 2. The van der Waals surface area contributed by atoms with Gasteiger partial charge in [-0.05, 0) is 19.4 Å². The van der Waals surface area contributed by atoms with Gasteiger partial charge < -0.3 is 95.9 Å². The Balaban J connectivity index is 1.79. The Morgan fingerprint density at radius 2 is 1.47 bits per heavy atom. The highest BCUT2D eigenvalue weighted by Crippen LogP contribution is 2.35. The van der Waals surface area contributed by atoms with Gasteiger partial charge >= 0.3 is 5.97 Å². The number of amides is 2. The molecule has 3 fully saturated rings. The summed E-state index contributed by atoms with van der Waals surface area (Å²) in [7, 11) is 0. The molecule has 3 aliphatic heterocycles. The number of carbonyl (C=O) groups is 3. The number of hydrogen-bond donors (Lipinski definition) is 13. The largest absolute Gasteiger partial charge is 0.477 e. The quantitative estimate of drug-likeness (QED) is 0.0543. The predicted molar refractivity (Wildman–Crippen MR) is 173 cm³/mol. The fraction of sp³-hybridized carbons (Fsp3) is 0.903. The highest BCUT2D eigenvalue weighted by Gasteiger charge is 2.57. The normalized spacial score (nSPS) is 38.8. The van der Waals surface area contributed by atoms with E-state index in [-0.39, 0.29) is 6.61 Å². The minimum atomic E-state index is -2.84. The van der Waals surface area contributed by atoms with Crippen LogP contribution in [-0.4, -0.2) is 199 Å². The van der Waals surface area contributed by atoms with Crippen LogP contribution in [-0.2, 0) is 42.8 Å². The van der Waals surface area contributed by atoms with Crippen LogP contribution in [0.5, 0.6) is 0 Å². The number of carboxylic acid groups (broad SMARTS) is 1. The molecule has 0 aromatic rings. The third kappa shape index (κ3) is 11.4. The van der Waals surface area contributed by atoms with E-state index >= 15 is 0 Å². The third-order valence-electron chi connectivity index (χ3n) is 9.23. The van der Waals surface area contributed by atoms with Crippen LogP contribution in [0, 0.1) is 0 Å². The Labute approximate surface area is 304 Å². The standard InChI is InChI=1S/C31H55N3O19/c1-13(37)33-19-15(39)9-31(30(46)47,53-27(19)21(41)16(40)10-35)49-12-18-22(42)24(44)25(45)29(51-18)52-26-17(11-36)50-28(20(23(26)43)34-14(2)38)48-8-6-4-3-5-7-32/h15-29,35-36,39-45H,3-12,32H2,1-2H3,(H,33,37)(H,34,38)(H,46,47)/t15-,16+,17+,18+,19+,20+,21+,22-,23+,24-,25+,26+,27+,28+,29-,31+/m0/s1. The van der Waals surface area contributed by atoms with Crippen LogP contribution in [0.1, 0.15) is 46.0 Å². The molecule has 3 rings (SSSR count). The van der Waals surface area contributed by atoms with Gasteiger partial charge in [0.1, 0.15) is 67.1 Å². The van der Waals surface area contributed by atoms with Crippen LogP contribution in [0.15, 0.2) is 0 Å². The molecule has 3 saturated heterocycles. The number of rotatable bonds is 19. The molecule has 0 unspecified atom stereocenters. The summed E-state index contributed by atoms with van der Waals surface area (Å²) in [5, 5.41) is 110. The van der Waals surface area contributed by atoms with Crippen LogP contribution < -0.4 is 16.4 Å². The summed E-state index contributed by atoms with van der Waals surface area (Å²) in [4.78, 5) is 36.4. The van der Waals surface area contributed by atoms with Crippen LogP contribution in [0.25, 0.3) is 0 Å². The smallest absolute Gasteiger partial charge is 0.364 e. The molecule has 22 heteroatoms. The monoisotopic (exact) mass is 773 g/mol. The maximum absolute atomic E-state index is 12.6. The van der Waals surface area contributed by atoms with E-state index in [9.17, 15) is 65.4 Å². The van der Waals surface area contributed by atoms with Crippen molar-refractivity contribution >= 4 is 17.8 Å². The van der Waals surface area contributed by atoms with E-state index in [2.05, 4.69) is 10.6 Å². The molecule has 0 aromatic carbocycles. The summed E-state index contributed by atoms with van der Waals surface area (Å²) in [6.07, 6.45) is -20.9. The van der Waals surface area contributed by atoms with Crippen molar-refractivity contribution in [1.29, 1.82) is 0 Å². The van der Waals surface area contributed by atoms with E-state index in [0.717, 1.165) is 26.2 Å². The van der Waals surface area contributed by atoms with E-state index in [0.29, 0.717) is 13.0 Å². The average molecular weight is 774 g/mol. The van der Waals surface area contributed by atoms with Gasteiger partial charge in [-0.1, -0.05) is 12.8 Å². The molecule has 2 amide bonds. The average Bonchev–Trinajstić information content (AvgIpc) is 3.11. The van der Waals surface area contributed by atoms with Crippen molar-refractivity contribution < 1.29 is 93.9 Å². The molecule has 0 aromatic heterocycles. The maximum Gasteiger partial charge on any atom is 0.364 e. The van der Waals surface area contributed by atoms with Gasteiger partial charge in [0.15, 0.2) is 12.6 Å². The number of carbonyl (C=O) groups excluding carboxylic acids is 2. The van der Waals surface area contributed by atoms with Crippen molar-refractivity contribution in [3.63, 3.8) is 0 Å². The molecule has 0 bridgehead atoms. The number of nitrogens with two attached hydrogens (primary N) is 1. The Hall–Kier alpha value is -2.23. The van der Waals surface area contributed by atoms with Gasteiger partial charge in [0.2, 0.25) is 11.8 Å². The Bertz CT molecular complexity index is 1170. The Morgan fingerprint density at radius 3 is 2.06 bits per heavy atom. The molecule has 14 N–H and O–H groups in total. The van der Waals surface area contributed by atoms with Crippen molar-refractivity contribution in [3.05, 3.63) is 0 Å². The summed E-state index contributed by atoms with van der Waals surface area (Å²) in [5.74, 6) is -5.99. The van der Waals surface area contributed by atoms with Crippen LogP contribution in [0.3, 0.4) is 0 Å². The van der Waals surface area contributed by atoms with E-state index in [1.165, 1.54) is 6.92 Å². The number of hydrogen-bond acceptors (Lipinski definition) is 19. The Kier molecular flexibility index (Phi) is 17.6. The second-order valence-corrected chi connectivity index (χ2v) is 13.3. The first-order valence-corrected chi connectivity index (χ1v) is 17.4. The fourth-order valence-electron chi connectivity index (χ4n) is 6.38. The highest BCUT2D eigenvalue weighted by molar-refractivity contribution is 5.76. The summed E-state index contributed by atoms with van der Waals surface area (Å²) in [6, 6.07) is -2.73. The van der Waals surface area contributed by atoms with Crippen LogP contribution in [0.2, 0.25) is 0 Å². The minimum Gasteiger partial charge on any atom is -0.477 e. The van der Waals surface area contributed by atoms with Gasteiger partial charge in [-0.3, -0.25) is 9.59 Å². The zero-order valence-electron chi connectivity index (χ0n) is 29.5. The topological polar surface area (TPSA) is 359 Å². The third-order valence-corrected chi connectivity index (χ3v) is 9.23. The number of aliphatic carboxylic acids is 1. The predicted octanol–water partition coefficient (Wildman–Crippen LogP) is -6.54. The zero-order chi connectivity index (χ0) is 39.6.